The van der Waals surface area contributed by atoms with Crippen LogP contribution in [0.2, 0.25) is 0 Å². The molecule has 1 aromatic rings. The number of ether oxygens (including phenoxy) is 3. The Balaban J connectivity index is 3.31. The van der Waals surface area contributed by atoms with Crippen LogP contribution < -0.4 is 0 Å². The highest BCUT2D eigenvalue weighted by molar-refractivity contribution is 9.10. The molecule has 160 valence electrons. The van der Waals surface area contributed by atoms with Gasteiger partial charge in [-0.2, -0.15) is 0 Å². The zero-order valence-electron chi connectivity index (χ0n) is 16.6. The molecule has 1 unspecified atom stereocenters. The fourth-order valence-corrected chi connectivity index (χ4v) is 4.27. The molecule has 0 bridgehead atoms. The molecule has 1 aromatic carbocycles. The van der Waals surface area contributed by atoms with Crippen molar-refractivity contribution in [2.24, 2.45) is 0 Å². The average molecular weight is 489 g/mol. The first-order valence-corrected chi connectivity index (χ1v) is 10.9. The number of hydrogen-bond acceptors (Lipinski definition) is 8. The normalized spacial score (nSPS) is 12.4. The molecule has 1 N–H and O–H groups in total. The van der Waals surface area contributed by atoms with E-state index >= 15 is 0 Å². The van der Waals surface area contributed by atoms with E-state index in [1.54, 1.807) is 45.0 Å². The number of benzene rings is 1. The van der Waals surface area contributed by atoms with Crippen LogP contribution in [-0.2, 0) is 28.6 Å². The molecule has 0 fully saturated rings. The highest BCUT2D eigenvalue weighted by atomic mass is 79.9. The number of aliphatic hydroxyl groups is 1. The maximum absolute atomic E-state index is 12.6. The van der Waals surface area contributed by atoms with Gasteiger partial charge in [-0.3, -0.25) is 0 Å². The van der Waals surface area contributed by atoms with Gasteiger partial charge in [0.15, 0.2) is 0 Å². The van der Waals surface area contributed by atoms with Gasteiger partial charge >= 0.3 is 17.9 Å². The number of hydrogen-bond donors (Lipinski definition) is 1. The van der Waals surface area contributed by atoms with Gasteiger partial charge in [0.25, 0.3) is 5.60 Å². The number of thioether (sulfide) groups is 1. The smallest absolute Gasteiger partial charge is 0.351 e. The molecule has 0 saturated carbocycles. The molecule has 0 aliphatic rings. The summed E-state index contributed by atoms with van der Waals surface area (Å²) in [6.45, 7) is 5.06. The van der Waals surface area contributed by atoms with Crippen molar-refractivity contribution in [3.05, 3.63) is 46.5 Å². The summed E-state index contributed by atoms with van der Waals surface area (Å²) in [5, 5.41) is 10.2. The van der Waals surface area contributed by atoms with Crippen LogP contribution in [0.5, 0.6) is 0 Å². The fraction of sp³-hybridized carbons (Fsp3) is 0.450. The first-order valence-electron chi connectivity index (χ1n) is 9.08. The number of rotatable bonds is 11. The first kappa shape index (κ1) is 25.2. The Morgan fingerprint density at radius 2 is 1.62 bits per heavy atom. The van der Waals surface area contributed by atoms with Crippen molar-refractivity contribution in [1.82, 2.24) is 0 Å². The number of carbonyl (C=O) groups excluding carboxylic acids is 3. The topological polar surface area (TPSA) is 99.1 Å². The molecule has 0 aromatic heterocycles. The summed E-state index contributed by atoms with van der Waals surface area (Å²) in [6.07, 6.45) is 2.78. The molecule has 1 rings (SSSR count). The summed E-state index contributed by atoms with van der Waals surface area (Å²) in [5.74, 6) is -2.48. The lowest BCUT2D eigenvalue weighted by atomic mass is 9.93. The predicted octanol–water partition coefficient (Wildman–Crippen LogP) is 3.20. The summed E-state index contributed by atoms with van der Waals surface area (Å²) in [5.41, 5.74) is -2.07. The van der Waals surface area contributed by atoms with Crippen LogP contribution in [-0.4, -0.2) is 54.2 Å². The summed E-state index contributed by atoms with van der Waals surface area (Å²) >= 11 is 4.49. The molecular formula is C20H25BrO7S. The summed E-state index contributed by atoms with van der Waals surface area (Å²) in [7, 11) is 0. The zero-order chi connectivity index (χ0) is 21.9. The van der Waals surface area contributed by atoms with Gasteiger partial charge in [-0.1, -0.05) is 40.2 Å². The standard InChI is InChI=1S/C20H25BrO7S/c1-4-26-16(22)12-9-13-29-17(14-10-7-8-11-15(14)21)20(25,18(23)27-5-2)19(24)28-6-3/h7-12,17,25H,4-6,13H2,1-3H3/b12-9+. The van der Waals surface area contributed by atoms with Gasteiger partial charge in [-0.05, 0) is 32.4 Å². The van der Waals surface area contributed by atoms with Crippen LogP contribution in [0, 0.1) is 0 Å². The molecule has 0 aliphatic carbocycles. The second kappa shape index (κ2) is 12.7. The van der Waals surface area contributed by atoms with Crippen LogP contribution in [0.25, 0.3) is 0 Å². The molecule has 0 aliphatic heterocycles. The molecule has 9 heteroatoms. The van der Waals surface area contributed by atoms with Crippen LogP contribution >= 0.6 is 27.7 Å². The third-order valence-corrected chi connectivity index (χ3v) is 5.68. The quantitative estimate of drug-likeness (QED) is 0.219. The van der Waals surface area contributed by atoms with E-state index in [1.807, 2.05) is 0 Å². The summed E-state index contributed by atoms with van der Waals surface area (Å²) < 4.78 is 15.4. The van der Waals surface area contributed by atoms with Gasteiger partial charge in [0, 0.05) is 16.3 Å². The molecule has 0 spiro atoms. The van der Waals surface area contributed by atoms with Gasteiger partial charge in [-0.15, -0.1) is 11.8 Å². The van der Waals surface area contributed by atoms with Gasteiger partial charge in [0.2, 0.25) is 0 Å². The third-order valence-electron chi connectivity index (χ3n) is 3.64. The van der Waals surface area contributed by atoms with Crippen molar-refractivity contribution >= 4 is 45.6 Å². The Bertz CT molecular complexity index is 717. The molecule has 0 amide bonds. The van der Waals surface area contributed by atoms with Gasteiger partial charge in [-0.25, -0.2) is 14.4 Å². The highest BCUT2D eigenvalue weighted by Crippen LogP contribution is 2.43. The Kier molecular flexibility index (Phi) is 11.0. The largest absolute Gasteiger partial charge is 0.463 e. The maximum atomic E-state index is 12.6. The lowest BCUT2D eigenvalue weighted by Gasteiger charge is -2.32. The Morgan fingerprint density at radius 3 is 2.14 bits per heavy atom. The minimum Gasteiger partial charge on any atom is -0.463 e. The molecule has 0 heterocycles. The Morgan fingerprint density at radius 1 is 1.07 bits per heavy atom. The van der Waals surface area contributed by atoms with Crippen LogP contribution in [0.4, 0.5) is 0 Å². The SMILES string of the molecule is CCOC(=O)/C=C/CSC(c1ccccc1Br)C(O)(C(=O)OCC)C(=O)OCC. The molecule has 1 atom stereocenters. The van der Waals surface area contributed by atoms with Crippen molar-refractivity contribution in [3.8, 4) is 0 Å². The van der Waals surface area contributed by atoms with Crippen molar-refractivity contribution in [3.63, 3.8) is 0 Å². The van der Waals surface area contributed by atoms with Gasteiger partial charge in [0.1, 0.15) is 0 Å². The molecule has 0 saturated heterocycles. The van der Waals surface area contributed by atoms with E-state index in [2.05, 4.69) is 15.9 Å². The van der Waals surface area contributed by atoms with Crippen molar-refractivity contribution in [1.29, 1.82) is 0 Å². The summed E-state index contributed by atoms with van der Waals surface area (Å²) in [4.78, 5) is 36.8. The first-order chi connectivity index (χ1) is 13.8. The Hall–Kier alpha value is -1.84. The molecule has 0 radical (unpaired) electrons. The van der Waals surface area contributed by atoms with Gasteiger partial charge in [0.05, 0.1) is 25.1 Å². The number of esters is 3. The Labute approximate surface area is 182 Å². The lowest BCUT2D eigenvalue weighted by molar-refractivity contribution is -0.183. The molecular weight excluding hydrogens is 464 g/mol. The van der Waals surface area contributed by atoms with E-state index in [0.717, 1.165) is 11.8 Å². The van der Waals surface area contributed by atoms with E-state index in [1.165, 1.54) is 12.2 Å². The second-order valence-corrected chi connectivity index (χ2v) is 7.59. The van der Waals surface area contributed by atoms with E-state index in [9.17, 15) is 19.5 Å². The van der Waals surface area contributed by atoms with Crippen LogP contribution in [0.15, 0.2) is 40.9 Å². The number of halogens is 1. The predicted molar refractivity (Wildman–Crippen MR) is 113 cm³/mol. The van der Waals surface area contributed by atoms with Crippen molar-refractivity contribution < 1.29 is 33.7 Å². The van der Waals surface area contributed by atoms with E-state index < -0.39 is 28.8 Å². The minimum absolute atomic E-state index is 0.0172. The maximum Gasteiger partial charge on any atom is 0.351 e. The van der Waals surface area contributed by atoms with Crippen molar-refractivity contribution in [2.45, 2.75) is 31.6 Å². The second-order valence-electron chi connectivity index (χ2n) is 5.60. The average Bonchev–Trinajstić information content (AvgIpc) is 2.69. The molecule has 7 nitrogen and oxygen atoms in total. The van der Waals surface area contributed by atoms with Crippen LogP contribution in [0.3, 0.4) is 0 Å². The van der Waals surface area contributed by atoms with Crippen LogP contribution in [0.1, 0.15) is 31.6 Å². The highest BCUT2D eigenvalue weighted by Gasteiger charge is 2.55. The summed E-state index contributed by atoms with van der Waals surface area (Å²) in [6, 6.07) is 6.90. The zero-order valence-corrected chi connectivity index (χ0v) is 19.0. The molecule has 29 heavy (non-hydrogen) atoms. The van der Waals surface area contributed by atoms with E-state index in [0.29, 0.717) is 10.0 Å². The van der Waals surface area contributed by atoms with Crippen molar-refractivity contribution in [2.75, 3.05) is 25.6 Å². The van der Waals surface area contributed by atoms with E-state index in [4.69, 9.17) is 14.2 Å². The van der Waals surface area contributed by atoms with E-state index in [-0.39, 0.29) is 25.6 Å². The third kappa shape index (κ3) is 6.87. The fourth-order valence-electron chi connectivity index (χ4n) is 2.39. The minimum atomic E-state index is -2.57. The number of carbonyl (C=O) groups is 3. The lowest BCUT2D eigenvalue weighted by Crippen LogP contribution is -2.52. The monoisotopic (exact) mass is 488 g/mol. The van der Waals surface area contributed by atoms with Gasteiger partial charge < -0.3 is 19.3 Å².